The molecule has 0 radical (unpaired) electrons. The van der Waals surface area contributed by atoms with E-state index in [0.717, 1.165) is 51.4 Å². The lowest BCUT2D eigenvalue weighted by molar-refractivity contribution is 0.126. The third-order valence-corrected chi connectivity index (χ3v) is 7.10. The maximum atomic E-state index is 14.4. The van der Waals surface area contributed by atoms with Gasteiger partial charge in [0.1, 0.15) is 22.8 Å². The largest absolute Gasteiger partial charge is 0.396 e. The van der Waals surface area contributed by atoms with E-state index in [9.17, 15) is 19.0 Å². The maximum absolute atomic E-state index is 14.4. The van der Waals surface area contributed by atoms with Gasteiger partial charge in [-0.3, -0.25) is 4.57 Å². The predicted molar refractivity (Wildman–Crippen MR) is 125 cm³/mol. The lowest BCUT2D eigenvalue weighted by atomic mass is 9.86. The molecule has 8 nitrogen and oxygen atoms in total. The van der Waals surface area contributed by atoms with Crippen LogP contribution in [-0.2, 0) is 0 Å². The minimum Gasteiger partial charge on any atom is -0.396 e. The molecule has 2 aliphatic carbocycles. The van der Waals surface area contributed by atoms with Crippen molar-refractivity contribution >= 4 is 28.7 Å². The molecule has 0 amide bonds. The predicted octanol–water partition coefficient (Wildman–Crippen LogP) is 4.29. The quantitative estimate of drug-likeness (QED) is 0.424. The molecular weight excluding hydrogens is 442 g/mol. The molecule has 2 heterocycles. The number of aliphatic hydroxyl groups is 2. The molecule has 0 atom stereocenters. The van der Waals surface area contributed by atoms with Gasteiger partial charge in [0.15, 0.2) is 5.65 Å². The zero-order valence-corrected chi connectivity index (χ0v) is 18.9. The van der Waals surface area contributed by atoms with Crippen molar-refractivity contribution in [3.63, 3.8) is 0 Å². The Bertz CT molecular complexity index is 1120. The third-order valence-electron chi connectivity index (χ3n) is 7.10. The highest BCUT2D eigenvalue weighted by molar-refractivity contribution is 5.76. The number of anilines is 3. The summed E-state index contributed by atoms with van der Waals surface area (Å²) in [5.74, 6) is -0.340. The molecule has 2 aromatic heterocycles. The summed E-state index contributed by atoms with van der Waals surface area (Å²) < 4.78 is 30.7. The van der Waals surface area contributed by atoms with Crippen LogP contribution in [0.25, 0.3) is 11.2 Å². The molecule has 10 heteroatoms. The number of rotatable bonds is 6. The fourth-order valence-corrected chi connectivity index (χ4v) is 5.11. The monoisotopic (exact) mass is 472 g/mol. The molecule has 0 bridgehead atoms. The number of fused-ring (bicyclic) bond motifs is 1. The summed E-state index contributed by atoms with van der Waals surface area (Å²) in [6, 6.07) is 3.93. The van der Waals surface area contributed by atoms with Gasteiger partial charge in [0, 0.05) is 18.7 Å². The van der Waals surface area contributed by atoms with E-state index in [1.54, 1.807) is 6.20 Å². The molecule has 1 aromatic carbocycles. The topological polar surface area (TPSA) is 108 Å². The number of halogens is 2. The maximum Gasteiger partial charge on any atom is 0.224 e. The van der Waals surface area contributed by atoms with Crippen molar-refractivity contribution in [3.8, 4) is 0 Å². The van der Waals surface area contributed by atoms with Crippen LogP contribution in [0.1, 0.15) is 57.4 Å². The van der Waals surface area contributed by atoms with Gasteiger partial charge >= 0.3 is 0 Å². The Morgan fingerprint density at radius 2 is 1.68 bits per heavy atom. The Hall–Kier alpha value is -2.85. The summed E-state index contributed by atoms with van der Waals surface area (Å²) in [6.45, 7) is 0.162. The number of imidazole rings is 1. The first-order valence-corrected chi connectivity index (χ1v) is 12.0. The van der Waals surface area contributed by atoms with Gasteiger partial charge in [-0.1, -0.05) is 6.07 Å². The highest BCUT2D eigenvalue weighted by Gasteiger charge is 2.28. The average Bonchev–Trinajstić information content (AvgIpc) is 3.20. The molecule has 2 fully saturated rings. The van der Waals surface area contributed by atoms with E-state index in [2.05, 4.69) is 20.6 Å². The number of hydrogen-bond acceptors (Lipinski definition) is 7. The van der Waals surface area contributed by atoms with E-state index >= 15 is 0 Å². The third kappa shape index (κ3) is 4.69. The molecule has 0 spiro atoms. The summed E-state index contributed by atoms with van der Waals surface area (Å²) >= 11 is 0. The van der Waals surface area contributed by atoms with Gasteiger partial charge in [-0.15, -0.1) is 0 Å². The minimum atomic E-state index is -0.699. The number of hydrogen-bond donors (Lipinski definition) is 4. The average molecular weight is 473 g/mol. The van der Waals surface area contributed by atoms with Crippen LogP contribution in [0.4, 0.5) is 26.4 Å². The van der Waals surface area contributed by atoms with Crippen LogP contribution in [0.5, 0.6) is 0 Å². The van der Waals surface area contributed by atoms with Gasteiger partial charge in [0.25, 0.3) is 0 Å². The first-order valence-electron chi connectivity index (χ1n) is 12.0. The second-order valence-corrected chi connectivity index (χ2v) is 9.44. The number of aliphatic hydroxyl groups excluding tert-OH is 2. The van der Waals surface area contributed by atoms with Crippen molar-refractivity contribution < 1.29 is 19.0 Å². The highest BCUT2D eigenvalue weighted by Crippen LogP contribution is 2.37. The Kier molecular flexibility index (Phi) is 6.60. The highest BCUT2D eigenvalue weighted by atomic mass is 19.1. The van der Waals surface area contributed by atoms with E-state index in [-0.39, 0.29) is 36.4 Å². The number of nitrogens with zero attached hydrogens (tertiary/aromatic N) is 4. The first-order chi connectivity index (χ1) is 16.5. The molecule has 0 aliphatic heterocycles. The van der Waals surface area contributed by atoms with Crippen LogP contribution >= 0.6 is 0 Å². The van der Waals surface area contributed by atoms with Crippen molar-refractivity contribution in [3.05, 3.63) is 36.0 Å². The number of aromatic nitrogens is 4. The minimum absolute atomic E-state index is 0.0257. The molecule has 2 saturated carbocycles. The van der Waals surface area contributed by atoms with Gasteiger partial charge in [-0.2, -0.15) is 4.98 Å². The van der Waals surface area contributed by atoms with Crippen molar-refractivity contribution in [1.82, 2.24) is 19.5 Å². The summed E-state index contributed by atoms with van der Waals surface area (Å²) in [4.78, 5) is 13.8. The Morgan fingerprint density at radius 3 is 2.35 bits per heavy atom. The van der Waals surface area contributed by atoms with Gasteiger partial charge < -0.3 is 20.8 Å². The van der Waals surface area contributed by atoms with Gasteiger partial charge in [0.05, 0.1) is 12.3 Å². The molecule has 34 heavy (non-hydrogen) atoms. The van der Waals surface area contributed by atoms with Crippen LogP contribution in [0.3, 0.4) is 0 Å². The second-order valence-electron chi connectivity index (χ2n) is 9.44. The summed E-state index contributed by atoms with van der Waals surface area (Å²) in [7, 11) is 0. The SMILES string of the molecule is OCC1CCC(n2c(Nc3c(F)cccc3F)nc3cnc(NC4CCC(O)CC4)nc32)CC1. The van der Waals surface area contributed by atoms with Crippen molar-refractivity contribution in [2.24, 2.45) is 5.92 Å². The van der Waals surface area contributed by atoms with Crippen molar-refractivity contribution in [2.75, 3.05) is 17.2 Å². The van der Waals surface area contributed by atoms with Crippen LogP contribution in [-0.4, -0.2) is 48.5 Å². The lowest BCUT2D eigenvalue weighted by Gasteiger charge is -2.29. The van der Waals surface area contributed by atoms with E-state index in [1.807, 2.05) is 4.57 Å². The Balaban J connectivity index is 1.50. The molecule has 0 saturated heterocycles. The van der Waals surface area contributed by atoms with Crippen LogP contribution < -0.4 is 10.6 Å². The molecule has 5 rings (SSSR count). The zero-order chi connectivity index (χ0) is 23.7. The standard InChI is InChI=1S/C24H30F2N6O2/c25-18-2-1-3-19(26)21(18)30-24-29-20-12-27-23(28-15-6-10-17(34)11-7-15)31-22(20)32(24)16-8-4-14(13-33)5-9-16/h1-3,12,14-17,33-34H,4-11,13H2,(H,29,30)(H,27,28,31). The molecule has 3 aromatic rings. The lowest BCUT2D eigenvalue weighted by Crippen LogP contribution is -2.29. The van der Waals surface area contributed by atoms with Crippen molar-refractivity contribution in [1.29, 1.82) is 0 Å². The first kappa shape index (κ1) is 22.9. The Labute approximate surface area is 196 Å². The fourth-order valence-electron chi connectivity index (χ4n) is 5.11. The fraction of sp³-hybridized carbons (Fsp3) is 0.542. The number of benzene rings is 1. The van der Waals surface area contributed by atoms with E-state index in [0.29, 0.717) is 23.1 Å². The molecular formula is C24H30F2N6O2. The number of nitrogens with one attached hydrogen (secondary N) is 2. The van der Waals surface area contributed by atoms with Crippen molar-refractivity contribution in [2.45, 2.75) is 69.6 Å². The number of para-hydroxylation sites is 1. The van der Waals surface area contributed by atoms with E-state index < -0.39 is 11.6 Å². The van der Waals surface area contributed by atoms with Gasteiger partial charge in [-0.05, 0) is 69.4 Å². The Morgan fingerprint density at radius 1 is 0.971 bits per heavy atom. The van der Waals surface area contributed by atoms with Gasteiger partial charge in [0.2, 0.25) is 11.9 Å². The second kappa shape index (κ2) is 9.79. The van der Waals surface area contributed by atoms with Crippen LogP contribution in [0.15, 0.2) is 24.4 Å². The summed E-state index contributed by atoms with van der Waals surface area (Å²) in [6.07, 6.45) is 7.87. The summed E-state index contributed by atoms with van der Waals surface area (Å²) in [5.41, 5.74) is 0.878. The van der Waals surface area contributed by atoms with Gasteiger partial charge in [-0.25, -0.2) is 18.7 Å². The molecule has 4 N–H and O–H groups in total. The summed E-state index contributed by atoms with van der Waals surface area (Å²) in [5, 5.41) is 25.5. The molecule has 0 unspecified atom stereocenters. The van der Waals surface area contributed by atoms with Crippen LogP contribution in [0.2, 0.25) is 0 Å². The normalized spacial score (nSPS) is 25.4. The molecule has 2 aliphatic rings. The molecule has 182 valence electrons. The van der Waals surface area contributed by atoms with E-state index in [1.165, 1.54) is 18.2 Å². The smallest absolute Gasteiger partial charge is 0.224 e. The van der Waals surface area contributed by atoms with Crippen LogP contribution in [0, 0.1) is 17.6 Å². The zero-order valence-electron chi connectivity index (χ0n) is 18.9. The van der Waals surface area contributed by atoms with E-state index in [4.69, 9.17) is 4.98 Å².